The van der Waals surface area contributed by atoms with Gasteiger partial charge in [-0.1, -0.05) is 0 Å². The largest absolute Gasteiger partial charge is 0.497 e. The third kappa shape index (κ3) is 2.44. The second-order valence-corrected chi connectivity index (χ2v) is 7.32. The fourth-order valence-electron chi connectivity index (χ4n) is 3.50. The van der Waals surface area contributed by atoms with Gasteiger partial charge in [-0.25, -0.2) is 4.98 Å². The molecule has 0 radical (unpaired) electrons. The number of rotatable bonds is 3. The number of ether oxygens (including phenoxy) is 1. The second kappa shape index (κ2) is 6.31. The van der Waals surface area contributed by atoms with Gasteiger partial charge in [-0.3, -0.25) is 14.2 Å². The summed E-state index contributed by atoms with van der Waals surface area (Å²) >= 11 is 1.56. The van der Waals surface area contributed by atoms with E-state index in [9.17, 15) is 4.79 Å². The topological polar surface area (TPSA) is 59.7 Å². The minimum Gasteiger partial charge on any atom is -0.497 e. The zero-order valence-corrected chi connectivity index (χ0v) is 16.1. The number of pyridine rings is 1. The molecule has 5 rings (SSSR count). The van der Waals surface area contributed by atoms with E-state index in [1.54, 1.807) is 42.8 Å². The number of aromatic nitrogens is 3. The number of anilines is 1. The van der Waals surface area contributed by atoms with Crippen molar-refractivity contribution in [1.29, 1.82) is 0 Å². The molecule has 0 fully saturated rings. The molecule has 1 amide bonds. The molecule has 6 nitrogen and oxygen atoms in total. The van der Waals surface area contributed by atoms with Gasteiger partial charge in [0.15, 0.2) is 4.96 Å². The highest BCUT2D eigenvalue weighted by atomic mass is 32.1. The normalized spacial score (nSPS) is 14.9. The first-order valence-electron chi connectivity index (χ1n) is 8.71. The van der Waals surface area contributed by atoms with Crippen molar-refractivity contribution < 1.29 is 9.53 Å². The Kier molecular flexibility index (Phi) is 3.77. The molecule has 0 N–H and O–H groups in total. The number of thiazole rings is 1. The summed E-state index contributed by atoms with van der Waals surface area (Å²) in [6.45, 7) is 0. The average molecular weight is 388 g/mol. The Balaban J connectivity index is 1.75. The van der Waals surface area contributed by atoms with Crippen molar-refractivity contribution in [1.82, 2.24) is 14.4 Å². The van der Waals surface area contributed by atoms with Crippen LogP contribution in [0.25, 0.3) is 27.9 Å². The van der Waals surface area contributed by atoms with E-state index in [0.717, 1.165) is 38.9 Å². The fourth-order valence-corrected chi connectivity index (χ4v) is 4.22. The maximum absolute atomic E-state index is 13.0. The van der Waals surface area contributed by atoms with Gasteiger partial charge in [0.1, 0.15) is 5.75 Å². The Labute approximate surface area is 165 Å². The predicted octanol–water partition coefficient (Wildman–Crippen LogP) is 3.98. The molecule has 0 bridgehead atoms. The van der Waals surface area contributed by atoms with Gasteiger partial charge < -0.3 is 9.64 Å². The number of likely N-dealkylation sites (N-methyl/N-ethyl adjacent to an activating group) is 1. The van der Waals surface area contributed by atoms with Gasteiger partial charge in [-0.2, -0.15) is 0 Å². The summed E-state index contributed by atoms with van der Waals surface area (Å²) < 4.78 is 7.38. The zero-order valence-electron chi connectivity index (χ0n) is 15.3. The molecule has 0 saturated carbocycles. The van der Waals surface area contributed by atoms with Crippen LogP contribution in [-0.2, 0) is 4.79 Å². The first-order valence-corrected chi connectivity index (χ1v) is 9.59. The monoisotopic (exact) mass is 388 g/mol. The summed E-state index contributed by atoms with van der Waals surface area (Å²) in [4.78, 5) is 24.4. The van der Waals surface area contributed by atoms with Crippen molar-refractivity contribution in [2.45, 2.75) is 0 Å². The van der Waals surface area contributed by atoms with E-state index in [1.165, 1.54) is 0 Å². The molecule has 7 heteroatoms. The molecular formula is C21H16N4O2S. The third-order valence-corrected chi connectivity index (χ3v) is 5.68. The van der Waals surface area contributed by atoms with Crippen LogP contribution >= 0.6 is 11.3 Å². The first-order chi connectivity index (χ1) is 13.7. The number of hydrogen-bond acceptors (Lipinski definition) is 5. The lowest BCUT2D eigenvalue weighted by molar-refractivity contribution is -0.112. The third-order valence-electron chi connectivity index (χ3n) is 4.92. The highest BCUT2D eigenvalue weighted by Gasteiger charge is 2.31. The molecule has 4 heterocycles. The molecule has 28 heavy (non-hydrogen) atoms. The van der Waals surface area contributed by atoms with Crippen LogP contribution in [0.5, 0.6) is 5.75 Å². The van der Waals surface area contributed by atoms with Crippen LogP contribution in [0.3, 0.4) is 0 Å². The van der Waals surface area contributed by atoms with Crippen LogP contribution in [0, 0.1) is 0 Å². The standard InChI is InChI=1S/C21H16N4O2S/c1-24-17-4-3-14(27-2)11-15(17)16(20(24)26)12-18-19(13-5-7-22-8-6-13)23-21-25(18)9-10-28-21/h3-12H,1-2H3/b16-12-. The van der Waals surface area contributed by atoms with Crippen LogP contribution in [0.1, 0.15) is 11.3 Å². The van der Waals surface area contributed by atoms with E-state index in [1.807, 2.05) is 52.4 Å². The summed E-state index contributed by atoms with van der Waals surface area (Å²) in [7, 11) is 3.41. The summed E-state index contributed by atoms with van der Waals surface area (Å²) in [5, 5.41) is 1.99. The van der Waals surface area contributed by atoms with Crippen LogP contribution in [0.15, 0.2) is 54.3 Å². The molecule has 1 aliphatic heterocycles. The number of carbonyl (C=O) groups excluding carboxylic acids is 1. The lowest BCUT2D eigenvalue weighted by atomic mass is 10.0. The van der Waals surface area contributed by atoms with E-state index in [0.29, 0.717) is 5.57 Å². The number of methoxy groups -OCH3 is 1. The van der Waals surface area contributed by atoms with Crippen molar-refractivity contribution in [3.8, 4) is 17.0 Å². The fraction of sp³-hybridized carbons (Fsp3) is 0.0952. The quantitative estimate of drug-likeness (QED) is 0.498. The van der Waals surface area contributed by atoms with Gasteiger partial charge in [-0.05, 0) is 36.4 Å². The number of imidazole rings is 1. The number of benzene rings is 1. The van der Waals surface area contributed by atoms with Crippen molar-refractivity contribution in [3.05, 3.63) is 65.6 Å². The molecule has 1 aromatic carbocycles. The van der Waals surface area contributed by atoms with Crippen LogP contribution < -0.4 is 9.64 Å². The second-order valence-electron chi connectivity index (χ2n) is 6.44. The lowest BCUT2D eigenvalue weighted by Gasteiger charge is -2.09. The Bertz CT molecular complexity index is 1240. The van der Waals surface area contributed by atoms with E-state index in [4.69, 9.17) is 9.72 Å². The van der Waals surface area contributed by atoms with Gasteiger partial charge in [0.25, 0.3) is 5.91 Å². The summed E-state index contributed by atoms with van der Waals surface area (Å²) in [5.74, 6) is 0.671. The highest BCUT2D eigenvalue weighted by molar-refractivity contribution is 7.15. The van der Waals surface area contributed by atoms with E-state index in [-0.39, 0.29) is 5.91 Å². The molecule has 3 aromatic heterocycles. The van der Waals surface area contributed by atoms with Crippen LogP contribution in [0.2, 0.25) is 0 Å². The van der Waals surface area contributed by atoms with E-state index < -0.39 is 0 Å². The maximum atomic E-state index is 13.0. The average Bonchev–Trinajstić information content (AvgIpc) is 3.38. The molecule has 4 aromatic rings. The van der Waals surface area contributed by atoms with Gasteiger partial charge in [0.2, 0.25) is 0 Å². The Morgan fingerprint density at radius 1 is 1.18 bits per heavy atom. The molecule has 0 atom stereocenters. The minimum atomic E-state index is -0.0471. The number of fused-ring (bicyclic) bond motifs is 2. The summed E-state index contributed by atoms with van der Waals surface area (Å²) in [5.41, 5.74) is 5.01. The van der Waals surface area contributed by atoms with Gasteiger partial charge in [0, 0.05) is 42.1 Å². The minimum absolute atomic E-state index is 0.0471. The predicted molar refractivity (Wildman–Crippen MR) is 111 cm³/mol. The molecular weight excluding hydrogens is 372 g/mol. The number of carbonyl (C=O) groups is 1. The van der Waals surface area contributed by atoms with Gasteiger partial charge >= 0.3 is 0 Å². The lowest BCUT2D eigenvalue weighted by Crippen LogP contribution is -2.20. The first kappa shape index (κ1) is 16.7. The van der Waals surface area contributed by atoms with E-state index >= 15 is 0 Å². The molecule has 0 unspecified atom stereocenters. The molecule has 0 saturated heterocycles. The molecule has 1 aliphatic rings. The van der Waals surface area contributed by atoms with Gasteiger partial charge in [0.05, 0.1) is 29.8 Å². The van der Waals surface area contributed by atoms with E-state index in [2.05, 4.69) is 4.98 Å². The summed E-state index contributed by atoms with van der Waals surface area (Å²) in [6, 6.07) is 9.53. The Morgan fingerprint density at radius 3 is 2.79 bits per heavy atom. The summed E-state index contributed by atoms with van der Waals surface area (Å²) in [6.07, 6.45) is 7.38. The van der Waals surface area contributed by atoms with Crippen LogP contribution in [0.4, 0.5) is 5.69 Å². The Morgan fingerprint density at radius 2 is 2.00 bits per heavy atom. The van der Waals surface area contributed by atoms with Crippen LogP contribution in [-0.4, -0.2) is 34.4 Å². The zero-order chi connectivity index (χ0) is 19.3. The number of hydrogen-bond donors (Lipinski definition) is 0. The Hall–Kier alpha value is -3.45. The highest BCUT2D eigenvalue weighted by Crippen LogP contribution is 2.40. The SMILES string of the molecule is COc1ccc2c(c1)/C(=C/c1c(-c3ccncc3)nc3sccn13)C(=O)N2C. The van der Waals surface area contributed by atoms with Gasteiger partial charge in [-0.15, -0.1) is 11.3 Å². The maximum Gasteiger partial charge on any atom is 0.258 e. The smallest absolute Gasteiger partial charge is 0.258 e. The van der Waals surface area contributed by atoms with Crippen molar-refractivity contribution in [2.24, 2.45) is 0 Å². The van der Waals surface area contributed by atoms with Crippen molar-refractivity contribution in [2.75, 3.05) is 19.1 Å². The molecule has 0 aliphatic carbocycles. The van der Waals surface area contributed by atoms with Crippen molar-refractivity contribution in [3.63, 3.8) is 0 Å². The molecule has 0 spiro atoms. The van der Waals surface area contributed by atoms with Crippen molar-refractivity contribution >= 4 is 39.5 Å². The number of nitrogens with zero attached hydrogens (tertiary/aromatic N) is 4. The molecule has 138 valence electrons. The number of amides is 1.